The van der Waals surface area contributed by atoms with Gasteiger partial charge in [0.05, 0.1) is 0 Å². The van der Waals surface area contributed by atoms with E-state index >= 15 is 0 Å². The molecular formula is C18H25N. The molecule has 102 valence electrons. The van der Waals surface area contributed by atoms with Gasteiger partial charge < -0.3 is 5.32 Å². The van der Waals surface area contributed by atoms with E-state index in [0.29, 0.717) is 6.04 Å². The van der Waals surface area contributed by atoms with Crippen LogP contribution in [0.25, 0.3) is 10.8 Å². The highest BCUT2D eigenvalue weighted by molar-refractivity contribution is 5.85. The molecular weight excluding hydrogens is 230 g/mol. The van der Waals surface area contributed by atoms with Crippen molar-refractivity contribution >= 4 is 10.8 Å². The molecule has 0 fully saturated rings. The molecule has 0 saturated heterocycles. The Morgan fingerprint density at radius 1 is 0.947 bits per heavy atom. The molecule has 0 amide bonds. The van der Waals surface area contributed by atoms with Gasteiger partial charge in [0.1, 0.15) is 0 Å². The van der Waals surface area contributed by atoms with Crippen LogP contribution in [0.1, 0.15) is 39.2 Å². The molecule has 0 aliphatic carbocycles. The topological polar surface area (TPSA) is 12.0 Å². The van der Waals surface area contributed by atoms with Crippen LogP contribution in [0.15, 0.2) is 42.5 Å². The minimum Gasteiger partial charge on any atom is -0.310 e. The molecule has 0 heterocycles. The van der Waals surface area contributed by atoms with E-state index in [1.54, 1.807) is 0 Å². The fourth-order valence-electron chi connectivity index (χ4n) is 2.88. The first-order chi connectivity index (χ1) is 9.26. The quantitative estimate of drug-likeness (QED) is 0.785. The van der Waals surface area contributed by atoms with Crippen LogP contribution in [-0.4, -0.2) is 6.04 Å². The zero-order valence-corrected chi connectivity index (χ0v) is 12.3. The molecule has 1 unspecified atom stereocenters. The number of benzene rings is 2. The van der Waals surface area contributed by atoms with Gasteiger partial charge >= 0.3 is 0 Å². The standard InChI is InChI=1S/C18H25N/c1-4-15(5-2)14(3)19-13-17-11-8-10-16-9-6-7-12-18(16)17/h6-12,14-15,19H,4-5,13H2,1-3H3. The first-order valence-corrected chi connectivity index (χ1v) is 7.46. The summed E-state index contributed by atoms with van der Waals surface area (Å²) in [6.07, 6.45) is 2.50. The van der Waals surface area contributed by atoms with Crippen LogP contribution in [0.5, 0.6) is 0 Å². The maximum Gasteiger partial charge on any atom is 0.0214 e. The molecule has 0 bridgehead atoms. The molecule has 2 aromatic carbocycles. The lowest BCUT2D eigenvalue weighted by Crippen LogP contribution is -2.32. The summed E-state index contributed by atoms with van der Waals surface area (Å²) in [7, 11) is 0. The van der Waals surface area contributed by atoms with Gasteiger partial charge in [-0.2, -0.15) is 0 Å². The number of fused-ring (bicyclic) bond motifs is 1. The third kappa shape index (κ3) is 3.36. The summed E-state index contributed by atoms with van der Waals surface area (Å²) in [4.78, 5) is 0. The van der Waals surface area contributed by atoms with Crippen molar-refractivity contribution in [2.75, 3.05) is 0 Å². The van der Waals surface area contributed by atoms with Crippen LogP contribution in [0.2, 0.25) is 0 Å². The summed E-state index contributed by atoms with van der Waals surface area (Å²) >= 11 is 0. The molecule has 0 saturated carbocycles. The zero-order chi connectivity index (χ0) is 13.7. The molecule has 0 aromatic heterocycles. The second kappa shape index (κ2) is 6.72. The number of rotatable bonds is 6. The van der Waals surface area contributed by atoms with E-state index in [0.717, 1.165) is 12.5 Å². The van der Waals surface area contributed by atoms with Crippen molar-refractivity contribution in [3.63, 3.8) is 0 Å². The van der Waals surface area contributed by atoms with Gasteiger partial charge in [0.25, 0.3) is 0 Å². The molecule has 1 heteroatoms. The average Bonchev–Trinajstić information content (AvgIpc) is 2.46. The minimum atomic E-state index is 0.578. The van der Waals surface area contributed by atoms with Gasteiger partial charge in [0.15, 0.2) is 0 Å². The third-order valence-corrected chi connectivity index (χ3v) is 4.25. The first-order valence-electron chi connectivity index (χ1n) is 7.46. The Hall–Kier alpha value is -1.34. The summed E-state index contributed by atoms with van der Waals surface area (Å²) in [6.45, 7) is 7.83. The van der Waals surface area contributed by atoms with Crippen LogP contribution in [-0.2, 0) is 6.54 Å². The van der Waals surface area contributed by atoms with Crippen molar-refractivity contribution in [3.05, 3.63) is 48.0 Å². The van der Waals surface area contributed by atoms with Gasteiger partial charge in [-0.25, -0.2) is 0 Å². The molecule has 0 spiro atoms. The molecule has 2 aromatic rings. The minimum absolute atomic E-state index is 0.578. The molecule has 2 rings (SSSR count). The van der Waals surface area contributed by atoms with Crippen LogP contribution >= 0.6 is 0 Å². The summed E-state index contributed by atoms with van der Waals surface area (Å²) in [6, 6.07) is 15.8. The number of nitrogens with one attached hydrogen (secondary N) is 1. The Bertz CT molecular complexity index is 509. The molecule has 1 atom stereocenters. The van der Waals surface area contributed by atoms with E-state index in [4.69, 9.17) is 0 Å². The van der Waals surface area contributed by atoms with Crippen LogP contribution in [0, 0.1) is 5.92 Å². The predicted molar refractivity (Wildman–Crippen MR) is 84.3 cm³/mol. The summed E-state index contributed by atoms with van der Waals surface area (Å²) in [5, 5.41) is 6.39. The Balaban J connectivity index is 2.09. The van der Waals surface area contributed by atoms with Crippen molar-refractivity contribution in [1.29, 1.82) is 0 Å². The maximum atomic E-state index is 3.69. The summed E-state index contributed by atoms with van der Waals surface area (Å²) < 4.78 is 0. The smallest absolute Gasteiger partial charge is 0.0214 e. The summed E-state index contributed by atoms with van der Waals surface area (Å²) in [5.41, 5.74) is 1.40. The Morgan fingerprint density at radius 2 is 1.63 bits per heavy atom. The highest BCUT2D eigenvalue weighted by Crippen LogP contribution is 2.19. The van der Waals surface area contributed by atoms with Crippen molar-refractivity contribution in [2.45, 2.75) is 46.2 Å². The van der Waals surface area contributed by atoms with Crippen molar-refractivity contribution < 1.29 is 0 Å². The van der Waals surface area contributed by atoms with Gasteiger partial charge in [-0.15, -0.1) is 0 Å². The Morgan fingerprint density at radius 3 is 2.37 bits per heavy atom. The van der Waals surface area contributed by atoms with Gasteiger partial charge in [0, 0.05) is 12.6 Å². The fraction of sp³-hybridized carbons (Fsp3) is 0.444. The average molecular weight is 255 g/mol. The second-order valence-electron chi connectivity index (χ2n) is 5.38. The molecule has 0 aliphatic rings. The van der Waals surface area contributed by atoms with E-state index < -0.39 is 0 Å². The fourth-order valence-corrected chi connectivity index (χ4v) is 2.88. The van der Waals surface area contributed by atoms with E-state index in [9.17, 15) is 0 Å². The van der Waals surface area contributed by atoms with Gasteiger partial charge in [-0.1, -0.05) is 69.2 Å². The molecule has 0 aliphatic heterocycles. The molecule has 19 heavy (non-hydrogen) atoms. The van der Waals surface area contributed by atoms with Gasteiger partial charge in [-0.05, 0) is 29.2 Å². The normalized spacial score (nSPS) is 13.1. The predicted octanol–water partition coefficient (Wildman–Crippen LogP) is 4.75. The maximum absolute atomic E-state index is 3.69. The Labute approximate surface area is 117 Å². The van der Waals surface area contributed by atoms with Crippen molar-refractivity contribution in [3.8, 4) is 0 Å². The monoisotopic (exact) mass is 255 g/mol. The third-order valence-electron chi connectivity index (χ3n) is 4.25. The highest BCUT2D eigenvalue weighted by Gasteiger charge is 2.12. The van der Waals surface area contributed by atoms with Crippen molar-refractivity contribution in [2.24, 2.45) is 5.92 Å². The van der Waals surface area contributed by atoms with E-state index in [-0.39, 0.29) is 0 Å². The molecule has 0 radical (unpaired) electrons. The number of hydrogen-bond acceptors (Lipinski definition) is 1. The van der Waals surface area contributed by atoms with E-state index in [1.165, 1.54) is 29.2 Å². The van der Waals surface area contributed by atoms with Crippen LogP contribution < -0.4 is 5.32 Å². The molecule has 1 nitrogen and oxygen atoms in total. The van der Waals surface area contributed by atoms with Crippen LogP contribution in [0.4, 0.5) is 0 Å². The molecule has 1 N–H and O–H groups in total. The lowest BCUT2D eigenvalue weighted by atomic mass is 9.95. The second-order valence-corrected chi connectivity index (χ2v) is 5.38. The van der Waals surface area contributed by atoms with E-state index in [1.807, 2.05) is 0 Å². The lowest BCUT2D eigenvalue weighted by Gasteiger charge is -2.23. The largest absolute Gasteiger partial charge is 0.310 e. The van der Waals surface area contributed by atoms with Gasteiger partial charge in [-0.3, -0.25) is 0 Å². The number of hydrogen-bond donors (Lipinski definition) is 1. The first kappa shape index (κ1) is 14.1. The lowest BCUT2D eigenvalue weighted by molar-refractivity contribution is 0.353. The Kier molecular flexibility index (Phi) is 4.98. The van der Waals surface area contributed by atoms with Gasteiger partial charge in [0.2, 0.25) is 0 Å². The highest BCUT2D eigenvalue weighted by atomic mass is 14.9. The van der Waals surface area contributed by atoms with Crippen LogP contribution in [0.3, 0.4) is 0 Å². The van der Waals surface area contributed by atoms with E-state index in [2.05, 4.69) is 68.6 Å². The summed E-state index contributed by atoms with van der Waals surface area (Å²) in [5.74, 6) is 0.773. The van der Waals surface area contributed by atoms with Crippen molar-refractivity contribution in [1.82, 2.24) is 5.32 Å². The SMILES string of the molecule is CCC(CC)C(C)NCc1cccc2ccccc12. The zero-order valence-electron chi connectivity index (χ0n) is 12.3.